The van der Waals surface area contributed by atoms with Crippen molar-refractivity contribution in [1.29, 1.82) is 0 Å². The fourth-order valence-electron chi connectivity index (χ4n) is 2.38. The minimum Gasteiger partial charge on any atom is -0.325 e. The van der Waals surface area contributed by atoms with Gasteiger partial charge in [0.15, 0.2) is 5.78 Å². The maximum absolute atomic E-state index is 12.2. The van der Waals surface area contributed by atoms with Crippen LogP contribution < -0.4 is 5.73 Å². The van der Waals surface area contributed by atoms with E-state index < -0.39 is 0 Å². The highest BCUT2D eigenvalue weighted by molar-refractivity contribution is 6.35. The Bertz CT molecular complexity index is 439. The van der Waals surface area contributed by atoms with E-state index >= 15 is 0 Å². The van der Waals surface area contributed by atoms with Gasteiger partial charge in [0.05, 0.1) is 5.02 Å². The molecule has 0 amide bonds. The number of hydrogen-bond acceptors (Lipinski definition) is 2. The van der Waals surface area contributed by atoms with Gasteiger partial charge in [-0.25, -0.2) is 0 Å². The Balaban J connectivity index is 2.17. The second-order valence-electron chi connectivity index (χ2n) is 4.79. The Morgan fingerprint density at radius 1 is 1.29 bits per heavy atom. The van der Waals surface area contributed by atoms with Crippen LogP contribution in [-0.4, -0.2) is 11.3 Å². The lowest BCUT2D eigenvalue weighted by molar-refractivity contribution is 0.0952. The lowest BCUT2D eigenvalue weighted by Crippen LogP contribution is -2.38. The molecule has 92 valence electrons. The minimum atomic E-state index is -0.345. The topological polar surface area (TPSA) is 43.1 Å². The Kier molecular flexibility index (Phi) is 3.76. The van der Waals surface area contributed by atoms with Gasteiger partial charge >= 0.3 is 0 Å². The number of rotatable bonds is 3. The van der Waals surface area contributed by atoms with Crippen LogP contribution in [0.4, 0.5) is 0 Å². The molecule has 0 aliphatic heterocycles. The second kappa shape index (κ2) is 4.97. The Morgan fingerprint density at radius 2 is 1.94 bits per heavy atom. The zero-order valence-corrected chi connectivity index (χ0v) is 11.0. The first-order valence-electron chi connectivity index (χ1n) is 5.77. The number of nitrogens with two attached hydrogens (primary N) is 1. The average Bonchev–Trinajstić information content (AvgIpc) is 2.68. The van der Waals surface area contributed by atoms with Crippen molar-refractivity contribution in [3.05, 3.63) is 33.8 Å². The highest BCUT2D eigenvalue weighted by atomic mass is 35.5. The van der Waals surface area contributed by atoms with E-state index in [1.54, 1.807) is 18.2 Å². The van der Waals surface area contributed by atoms with Crippen LogP contribution in [0, 0.1) is 0 Å². The van der Waals surface area contributed by atoms with Crippen molar-refractivity contribution < 1.29 is 4.79 Å². The Hall–Kier alpha value is -0.570. The molecule has 0 atom stereocenters. The predicted octanol–water partition coefficient (Wildman–Crippen LogP) is 3.84. The molecule has 0 unspecified atom stereocenters. The van der Waals surface area contributed by atoms with Gasteiger partial charge in [0.2, 0.25) is 0 Å². The zero-order valence-electron chi connectivity index (χ0n) is 9.51. The summed E-state index contributed by atoms with van der Waals surface area (Å²) in [5.41, 5.74) is 6.33. The third-order valence-corrected chi connectivity index (χ3v) is 3.91. The van der Waals surface area contributed by atoms with E-state index in [0.717, 1.165) is 25.7 Å². The molecule has 1 aromatic rings. The summed E-state index contributed by atoms with van der Waals surface area (Å²) in [5.74, 6) is -0.0121. The third kappa shape index (κ3) is 3.01. The number of Topliss-reactive ketones (excluding diaryl/α,β-unsaturated/α-hetero) is 1. The smallest absolute Gasteiger partial charge is 0.166 e. The molecular formula is C13H15Cl2NO. The maximum Gasteiger partial charge on any atom is 0.166 e. The number of carbonyl (C=O) groups excluding carboxylic acids is 1. The van der Waals surface area contributed by atoms with Crippen LogP contribution in [0.25, 0.3) is 0 Å². The van der Waals surface area contributed by atoms with Gasteiger partial charge in [0.25, 0.3) is 0 Å². The Morgan fingerprint density at radius 3 is 2.59 bits per heavy atom. The van der Waals surface area contributed by atoms with Crippen LogP contribution in [-0.2, 0) is 0 Å². The molecule has 1 saturated carbocycles. The molecule has 2 nitrogen and oxygen atoms in total. The number of halogens is 2. The maximum atomic E-state index is 12.2. The van der Waals surface area contributed by atoms with E-state index in [9.17, 15) is 4.79 Å². The van der Waals surface area contributed by atoms with Gasteiger partial charge < -0.3 is 5.73 Å². The molecule has 1 aliphatic carbocycles. The van der Waals surface area contributed by atoms with Crippen LogP contribution in [0.2, 0.25) is 10.0 Å². The van der Waals surface area contributed by atoms with Gasteiger partial charge in [-0.15, -0.1) is 0 Å². The molecule has 0 aromatic heterocycles. The molecule has 17 heavy (non-hydrogen) atoms. The zero-order chi connectivity index (χ0) is 12.5. The van der Waals surface area contributed by atoms with Crippen molar-refractivity contribution in [3.8, 4) is 0 Å². The summed E-state index contributed by atoms with van der Waals surface area (Å²) >= 11 is 11.9. The van der Waals surface area contributed by atoms with E-state index in [2.05, 4.69) is 0 Å². The molecule has 0 heterocycles. The number of carbonyl (C=O) groups is 1. The Labute approximate surface area is 111 Å². The molecule has 0 saturated heterocycles. The molecule has 0 radical (unpaired) electrons. The highest BCUT2D eigenvalue weighted by Gasteiger charge is 2.32. The van der Waals surface area contributed by atoms with Gasteiger partial charge in [0, 0.05) is 22.5 Å². The molecule has 0 spiro atoms. The van der Waals surface area contributed by atoms with E-state index in [1.807, 2.05) is 0 Å². The van der Waals surface area contributed by atoms with Gasteiger partial charge in [-0.05, 0) is 31.0 Å². The van der Waals surface area contributed by atoms with Crippen molar-refractivity contribution in [2.75, 3.05) is 0 Å². The fourth-order valence-corrected chi connectivity index (χ4v) is 2.78. The van der Waals surface area contributed by atoms with Crippen molar-refractivity contribution in [3.63, 3.8) is 0 Å². The summed E-state index contributed by atoms with van der Waals surface area (Å²) in [4.78, 5) is 12.2. The number of ketones is 1. The van der Waals surface area contributed by atoms with Crippen LogP contribution >= 0.6 is 23.2 Å². The second-order valence-corrected chi connectivity index (χ2v) is 5.64. The molecule has 1 aliphatic rings. The highest BCUT2D eigenvalue weighted by Crippen LogP contribution is 2.32. The SMILES string of the molecule is NC1(CC(=O)c2cc(Cl)ccc2Cl)CCCC1. The molecule has 0 bridgehead atoms. The summed E-state index contributed by atoms with van der Waals surface area (Å²) in [5, 5.41) is 0.969. The van der Waals surface area contributed by atoms with Crippen molar-refractivity contribution in [2.24, 2.45) is 5.73 Å². The molecule has 1 aromatic carbocycles. The van der Waals surface area contributed by atoms with E-state index in [1.165, 1.54) is 0 Å². The summed E-state index contributed by atoms with van der Waals surface area (Å²) in [7, 11) is 0. The first-order chi connectivity index (χ1) is 8.00. The lowest BCUT2D eigenvalue weighted by atomic mass is 9.90. The monoisotopic (exact) mass is 271 g/mol. The van der Waals surface area contributed by atoms with E-state index in [0.29, 0.717) is 22.0 Å². The summed E-state index contributed by atoms with van der Waals surface area (Å²) in [6.45, 7) is 0. The third-order valence-electron chi connectivity index (χ3n) is 3.34. The van der Waals surface area contributed by atoms with E-state index in [4.69, 9.17) is 28.9 Å². The van der Waals surface area contributed by atoms with Crippen LogP contribution in [0.1, 0.15) is 42.5 Å². The summed E-state index contributed by atoms with van der Waals surface area (Å²) in [6, 6.07) is 4.94. The van der Waals surface area contributed by atoms with Crippen LogP contribution in [0.5, 0.6) is 0 Å². The number of hydrogen-bond donors (Lipinski definition) is 1. The fraction of sp³-hybridized carbons (Fsp3) is 0.462. The normalized spacial score (nSPS) is 18.3. The van der Waals surface area contributed by atoms with E-state index in [-0.39, 0.29) is 11.3 Å². The molecule has 2 rings (SSSR count). The first-order valence-corrected chi connectivity index (χ1v) is 6.53. The standard InChI is InChI=1S/C13H15Cl2NO/c14-9-3-4-11(15)10(7-9)12(17)8-13(16)5-1-2-6-13/h3-4,7H,1-2,5-6,8,16H2. The average molecular weight is 272 g/mol. The van der Waals surface area contributed by atoms with Gasteiger partial charge in [-0.3, -0.25) is 4.79 Å². The van der Waals surface area contributed by atoms with Crippen LogP contribution in [0.15, 0.2) is 18.2 Å². The number of benzene rings is 1. The quantitative estimate of drug-likeness (QED) is 0.849. The van der Waals surface area contributed by atoms with Gasteiger partial charge in [-0.2, -0.15) is 0 Å². The van der Waals surface area contributed by atoms with Crippen molar-refractivity contribution in [2.45, 2.75) is 37.6 Å². The molecular weight excluding hydrogens is 257 g/mol. The summed E-state index contributed by atoms with van der Waals surface area (Å²) in [6.07, 6.45) is 4.39. The van der Waals surface area contributed by atoms with Gasteiger partial charge in [-0.1, -0.05) is 36.0 Å². The molecule has 4 heteroatoms. The predicted molar refractivity (Wildman–Crippen MR) is 70.8 cm³/mol. The lowest BCUT2D eigenvalue weighted by Gasteiger charge is -2.22. The molecule has 1 fully saturated rings. The molecule has 2 N–H and O–H groups in total. The van der Waals surface area contributed by atoms with Crippen molar-refractivity contribution >= 4 is 29.0 Å². The van der Waals surface area contributed by atoms with Crippen LogP contribution in [0.3, 0.4) is 0 Å². The minimum absolute atomic E-state index is 0.0121. The van der Waals surface area contributed by atoms with Crippen molar-refractivity contribution in [1.82, 2.24) is 0 Å². The largest absolute Gasteiger partial charge is 0.325 e. The summed E-state index contributed by atoms with van der Waals surface area (Å²) < 4.78 is 0. The van der Waals surface area contributed by atoms with Gasteiger partial charge in [0.1, 0.15) is 0 Å². The first kappa shape index (κ1) is 12.9.